The third-order valence-corrected chi connectivity index (χ3v) is 15.8. The van der Waals surface area contributed by atoms with Gasteiger partial charge in [-0.25, -0.2) is 0 Å². The fourth-order valence-electron chi connectivity index (χ4n) is 10.6. The van der Waals surface area contributed by atoms with Gasteiger partial charge < -0.3 is 14.2 Å². The summed E-state index contributed by atoms with van der Waals surface area (Å²) in [7, 11) is 0. The normalized spacial score (nSPS) is 12.0. The summed E-state index contributed by atoms with van der Waals surface area (Å²) < 4.78 is 16.9. The molecule has 75 heavy (non-hydrogen) atoms. The van der Waals surface area contributed by atoms with E-state index in [1.165, 1.54) is 295 Å². The second kappa shape index (κ2) is 64.7. The molecule has 0 spiro atoms. The largest absolute Gasteiger partial charge is 0.462 e. The molecule has 1 atom stereocenters. The number of carbonyl (C=O) groups excluding carboxylic acids is 3. The molecular weight excluding hydrogens is 925 g/mol. The zero-order chi connectivity index (χ0) is 54.3. The molecule has 6 nitrogen and oxygen atoms in total. The second-order valence-electron chi connectivity index (χ2n) is 23.5. The lowest BCUT2D eigenvalue weighted by molar-refractivity contribution is -0.167. The highest BCUT2D eigenvalue weighted by Crippen LogP contribution is 2.19. The van der Waals surface area contributed by atoms with E-state index in [-0.39, 0.29) is 31.1 Å². The van der Waals surface area contributed by atoms with Crippen molar-refractivity contribution in [3.8, 4) is 0 Å². The van der Waals surface area contributed by atoms with E-state index in [1.807, 2.05) is 0 Å². The van der Waals surface area contributed by atoms with Crippen molar-refractivity contribution in [2.24, 2.45) is 0 Å². The molecule has 1 unspecified atom stereocenters. The van der Waals surface area contributed by atoms with Crippen LogP contribution in [0.25, 0.3) is 0 Å². The Balaban J connectivity index is 4.02. The first-order valence-corrected chi connectivity index (χ1v) is 34.2. The van der Waals surface area contributed by atoms with E-state index in [1.54, 1.807) is 0 Å². The molecule has 0 heterocycles. The van der Waals surface area contributed by atoms with E-state index < -0.39 is 6.10 Å². The molecule has 0 aliphatic heterocycles. The Morgan fingerprint density at radius 3 is 0.667 bits per heavy atom. The van der Waals surface area contributed by atoms with Gasteiger partial charge in [-0.2, -0.15) is 0 Å². The van der Waals surface area contributed by atoms with Gasteiger partial charge in [-0.15, -0.1) is 0 Å². The Bertz CT molecular complexity index is 1170. The third-order valence-electron chi connectivity index (χ3n) is 15.8. The molecule has 0 aromatic carbocycles. The van der Waals surface area contributed by atoms with Crippen LogP contribution < -0.4 is 0 Å². The summed E-state index contributed by atoms with van der Waals surface area (Å²) in [6.07, 6.45) is 76.9. The first-order valence-electron chi connectivity index (χ1n) is 34.2. The Kier molecular flexibility index (Phi) is 63.1. The molecule has 0 aliphatic carbocycles. The Labute approximate surface area is 469 Å². The summed E-state index contributed by atoms with van der Waals surface area (Å²) in [4.78, 5) is 38.2. The van der Waals surface area contributed by atoms with Crippen LogP contribution in [0.15, 0.2) is 12.2 Å². The van der Waals surface area contributed by atoms with E-state index >= 15 is 0 Å². The third kappa shape index (κ3) is 62.9. The molecule has 0 amide bonds. The lowest BCUT2D eigenvalue weighted by Crippen LogP contribution is -2.30. The van der Waals surface area contributed by atoms with E-state index in [2.05, 4.69) is 32.9 Å². The molecule has 0 aliphatic rings. The van der Waals surface area contributed by atoms with Crippen molar-refractivity contribution in [2.45, 2.75) is 399 Å². The summed E-state index contributed by atoms with van der Waals surface area (Å²) in [6, 6.07) is 0. The lowest BCUT2D eigenvalue weighted by atomic mass is 10.0. The molecule has 0 fully saturated rings. The molecule has 0 radical (unpaired) electrons. The van der Waals surface area contributed by atoms with Crippen LogP contribution in [-0.4, -0.2) is 37.2 Å². The van der Waals surface area contributed by atoms with Gasteiger partial charge >= 0.3 is 17.9 Å². The first kappa shape index (κ1) is 73.2. The van der Waals surface area contributed by atoms with Gasteiger partial charge in [0.15, 0.2) is 6.10 Å². The summed E-state index contributed by atoms with van der Waals surface area (Å²) >= 11 is 0. The highest BCUT2D eigenvalue weighted by atomic mass is 16.6. The van der Waals surface area contributed by atoms with E-state index in [9.17, 15) is 14.4 Å². The van der Waals surface area contributed by atoms with Crippen LogP contribution in [0.5, 0.6) is 0 Å². The van der Waals surface area contributed by atoms with E-state index in [0.29, 0.717) is 19.3 Å². The maximum Gasteiger partial charge on any atom is 0.306 e. The summed E-state index contributed by atoms with van der Waals surface area (Å²) in [5.41, 5.74) is 0. The summed E-state index contributed by atoms with van der Waals surface area (Å²) in [5, 5.41) is 0. The topological polar surface area (TPSA) is 78.9 Å². The van der Waals surface area contributed by atoms with Gasteiger partial charge in [0.2, 0.25) is 0 Å². The second-order valence-corrected chi connectivity index (χ2v) is 23.5. The van der Waals surface area contributed by atoms with Gasteiger partial charge in [0.1, 0.15) is 13.2 Å². The van der Waals surface area contributed by atoms with Crippen molar-refractivity contribution in [1.29, 1.82) is 0 Å². The average molecular weight is 1060 g/mol. The smallest absolute Gasteiger partial charge is 0.306 e. The van der Waals surface area contributed by atoms with Crippen molar-refractivity contribution in [1.82, 2.24) is 0 Å². The Hall–Kier alpha value is -1.85. The number of carbonyl (C=O) groups is 3. The minimum Gasteiger partial charge on any atom is -0.462 e. The van der Waals surface area contributed by atoms with Crippen molar-refractivity contribution in [2.75, 3.05) is 13.2 Å². The maximum absolute atomic E-state index is 12.9. The number of allylic oxidation sites excluding steroid dienone is 2. The minimum atomic E-state index is -0.767. The SMILES string of the molecule is CCCCCCCC/C=C\CCCCCCCCCC(=O)OC(COC(=O)CCCCCCCCCCC)COC(=O)CCCCCCCCCCCCCCCCCCCCCCCCCCCCCCCCC. The molecule has 0 saturated heterocycles. The predicted octanol–water partition coefficient (Wildman–Crippen LogP) is 23.2. The molecule has 0 aromatic rings. The highest BCUT2D eigenvalue weighted by Gasteiger charge is 2.19. The van der Waals surface area contributed by atoms with Crippen molar-refractivity contribution >= 4 is 17.9 Å². The van der Waals surface area contributed by atoms with Gasteiger partial charge in [-0.1, -0.05) is 341 Å². The van der Waals surface area contributed by atoms with Crippen molar-refractivity contribution in [3.05, 3.63) is 12.2 Å². The maximum atomic E-state index is 12.9. The van der Waals surface area contributed by atoms with Crippen LogP contribution >= 0.6 is 0 Å². The molecule has 6 heteroatoms. The zero-order valence-corrected chi connectivity index (χ0v) is 51.1. The molecule has 0 saturated carbocycles. The van der Waals surface area contributed by atoms with Gasteiger partial charge in [0.25, 0.3) is 0 Å². The van der Waals surface area contributed by atoms with Crippen molar-refractivity contribution < 1.29 is 28.6 Å². The van der Waals surface area contributed by atoms with Gasteiger partial charge in [0, 0.05) is 19.3 Å². The minimum absolute atomic E-state index is 0.0657. The van der Waals surface area contributed by atoms with Crippen LogP contribution in [0, 0.1) is 0 Å². The summed E-state index contributed by atoms with van der Waals surface area (Å²) in [5.74, 6) is -0.845. The summed E-state index contributed by atoms with van der Waals surface area (Å²) in [6.45, 7) is 6.68. The lowest BCUT2D eigenvalue weighted by Gasteiger charge is -2.18. The molecular formula is C69H132O6. The number of hydrogen-bond donors (Lipinski definition) is 0. The van der Waals surface area contributed by atoms with Crippen LogP contribution in [-0.2, 0) is 28.6 Å². The fourth-order valence-corrected chi connectivity index (χ4v) is 10.6. The average Bonchev–Trinajstić information content (AvgIpc) is 3.41. The number of hydrogen-bond acceptors (Lipinski definition) is 6. The monoisotopic (exact) mass is 1060 g/mol. The number of unbranched alkanes of at least 4 members (excludes halogenated alkanes) is 51. The van der Waals surface area contributed by atoms with E-state index in [0.717, 1.165) is 57.8 Å². The van der Waals surface area contributed by atoms with Crippen LogP contribution in [0.3, 0.4) is 0 Å². The first-order chi connectivity index (χ1) is 37.0. The van der Waals surface area contributed by atoms with Gasteiger partial charge in [-0.3, -0.25) is 14.4 Å². The van der Waals surface area contributed by atoms with Crippen LogP contribution in [0.1, 0.15) is 393 Å². The van der Waals surface area contributed by atoms with Gasteiger partial charge in [0.05, 0.1) is 0 Å². The van der Waals surface area contributed by atoms with Crippen LogP contribution in [0.2, 0.25) is 0 Å². The number of rotatable bonds is 64. The van der Waals surface area contributed by atoms with Crippen LogP contribution in [0.4, 0.5) is 0 Å². The Morgan fingerprint density at radius 2 is 0.440 bits per heavy atom. The highest BCUT2D eigenvalue weighted by molar-refractivity contribution is 5.71. The zero-order valence-electron chi connectivity index (χ0n) is 51.1. The molecule has 0 rings (SSSR count). The Morgan fingerprint density at radius 1 is 0.253 bits per heavy atom. The number of ether oxygens (including phenoxy) is 3. The van der Waals surface area contributed by atoms with Crippen molar-refractivity contribution in [3.63, 3.8) is 0 Å². The quantitative estimate of drug-likeness (QED) is 0.0261. The molecule has 0 bridgehead atoms. The fraction of sp³-hybridized carbons (Fsp3) is 0.928. The standard InChI is InChI=1S/C69H132O6/c1-4-7-10-13-16-19-21-23-25-27-28-29-30-31-32-33-34-35-36-37-38-39-40-42-43-45-47-50-53-56-59-62-68(71)74-65-66(64-73-67(70)61-58-55-52-49-18-15-12-9-6-3)75-69(72)63-60-57-54-51-48-46-44-41-26-24-22-20-17-14-11-8-5-2/h24,26,66H,4-23,25,27-65H2,1-3H3/b26-24-. The molecule has 444 valence electrons. The molecule has 0 aromatic heterocycles. The number of esters is 3. The molecule has 0 N–H and O–H groups in total. The van der Waals surface area contributed by atoms with Gasteiger partial charge in [-0.05, 0) is 44.9 Å². The van der Waals surface area contributed by atoms with E-state index in [4.69, 9.17) is 14.2 Å². The predicted molar refractivity (Wildman–Crippen MR) is 326 cm³/mol.